The molecule has 0 aliphatic rings. The number of nitrogens with one attached hydrogen (secondary N) is 2. The Morgan fingerprint density at radius 1 is 1.00 bits per heavy atom. The standard InChI is InChI=1S/C35H39IN6O5S.ClH/c1-21-9-7-10-22(2)31(21)28-17-30(40-34(39-28)41-48(45,46)27-12-8-11-24(15-27)33(43)44)47-20-26(18-35(3,4)5)37-19-25-14-13-23-16-29(36)42(6)32(23)38-25;/h7-17,26,37H,18-20H2,1-6H3,(H,43,44)(H,39,40,41);1H/t26-;/m1./s1. The molecule has 1 atom stereocenters. The lowest BCUT2D eigenvalue weighted by molar-refractivity contribution is 0.0696. The Morgan fingerprint density at radius 3 is 2.37 bits per heavy atom. The van der Waals surface area contributed by atoms with Crippen molar-refractivity contribution in [1.82, 2.24) is 24.8 Å². The molecule has 49 heavy (non-hydrogen) atoms. The maximum Gasteiger partial charge on any atom is 0.335 e. The summed E-state index contributed by atoms with van der Waals surface area (Å²) in [5.74, 6) is -1.24. The van der Waals surface area contributed by atoms with Gasteiger partial charge in [0.15, 0.2) is 0 Å². The van der Waals surface area contributed by atoms with E-state index in [1.54, 1.807) is 6.07 Å². The molecular weight excluding hydrogens is 779 g/mol. The van der Waals surface area contributed by atoms with E-state index in [0.717, 1.165) is 49.6 Å². The predicted octanol–water partition coefficient (Wildman–Crippen LogP) is 7.15. The number of halogens is 2. The van der Waals surface area contributed by atoms with E-state index in [-0.39, 0.29) is 52.8 Å². The average molecular weight is 819 g/mol. The summed E-state index contributed by atoms with van der Waals surface area (Å²) in [7, 11) is -2.23. The Hall–Kier alpha value is -3.79. The summed E-state index contributed by atoms with van der Waals surface area (Å²) in [5.41, 5.74) is 4.88. The van der Waals surface area contributed by atoms with Crippen LogP contribution in [0.1, 0.15) is 54.4 Å². The summed E-state index contributed by atoms with van der Waals surface area (Å²) in [6.45, 7) is 11.2. The van der Waals surface area contributed by atoms with Crippen LogP contribution in [0.2, 0.25) is 0 Å². The van der Waals surface area contributed by atoms with Gasteiger partial charge in [-0.3, -0.25) is 0 Å². The topological polar surface area (TPSA) is 148 Å². The van der Waals surface area contributed by atoms with Gasteiger partial charge >= 0.3 is 5.97 Å². The number of carbonyl (C=O) groups is 1. The Kier molecular flexibility index (Phi) is 11.9. The molecule has 0 radical (unpaired) electrons. The van der Waals surface area contributed by atoms with Crippen molar-refractivity contribution in [2.24, 2.45) is 12.5 Å². The van der Waals surface area contributed by atoms with Crippen LogP contribution in [0.25, 0.3) is 22.3 Å². The number of carboxylic acid groups (broad SMARTS) is 1. The highest BCUT2D eigenvalue weighted by atomic mass is 127. The van der Waals surface area contributed by atoms with Crippen LogP contribution in [0.4, 0.5) is 5.95 Å². The number of carboxylic acids is 1. The van der Waals surface area contributed by atoms with E-state index in [0.29, 0.717) is 12.2 Å². The number of aromatic nitrogens is 4. The van der Waals surface area contributed by atoms with Crippen molar-refractivity contribution in [3.8, 4) is 17.1 Å². The first-order chi connectivity index (χ1) is 22.6. The first kappa shape index (κ1) is 38.0. The molecule has 11 nitrogen and oxygen atoms in total. The number of aryl methyl sites for hydroxylation is 3. The van der Waals surface area contributed by atoms with Gasteiger partial charge < -0.3 is 19.7 Å². The summed E-state index contributed by atoms with van der Waals surface area (Å²) in [4.78, 5) is 25.1. The molecule has 3 aromatic heterocycles. The fraction of sp³-hybridized carbons (Fsp3) is 0.314. The first-order valence-electron chi connectivity index (χ1n) is 15.4. The fourth-order valence-electron chi connectivity index (χ4n) is 5.54. The molecule has 0 saturated heterocycles. The Bertz CT molecular complexity index is 2080. The number of fused-ring (bicyclic) bond motifs is 1. The first-order valence-corrected chi connectivity index (χ1v) is 17.9. The van der Waals surface area contributed by atoms with Gasteiger partial charge in [0, 0.05) is 36.7 Å². The van der Waals surface area contributed by atoms with Crippen LogP contribution in [0.5, 0.6) is 5.88 Å². The number of aromatic carboxylic acids is 1. The number of nitrogens with zero attached hydrogens (tertiary/aromatic N) is 4. The monoisotopic (exact) mass is 818 g/mol. The molecule has 2 aromatic carbocycles. The zero-order valence-electron chi connectivity index (χ0n) is 28.1. The molecule has 0 aliphatic heterocycles. The van der Waals surface area contributed by atoms with Gasteiger partial charge in [0.05, 0.1) is 25.5 Å². The molecule has 0 amide bonds. The molecule has 3 heterocycles. The maximum absolute atomic E-state index is 13.4. The van der Waals surface area contributed by atoms with Crippen molar-refractivity contribution in [2.75, 3.05) is 11.3 Å². The number of ether oxygens (including phenoxy) is 1. The third-order valence-electron chi connectivity index (χ3n) is 7.80. The fourth-order valence-corrected chi connectivity index (χ4v) is 7.09. The molecule has 3 N–H and O–H groups in total. The maximum atomic E-state index is 13.4. The van der Waals surface area contributed by atoms with Crippen molar-refractivity contribution in [2.45, 2.75) is 58.5 Å². The van der Waals surface area contributed by atoms with Crippen LogP contribution in [-0.2, 0) is 23.6 Å². The predicted molar refractivity (Wildman–Crippen MR) is 202 cm³/mol. The third kappa shape index (κ3) is 9.47. The molecule has 0 unspecified atom stereocenters. The minimum atomic E-state index is -4.23. The Labute approximate surface area is 306 Å². The second kappa shape index (κ2) is 15.4. The van der Waals surface area contributed by atoms with E-state index in [1.165, 1.54) is 18.2 Å². The van der Waals surface area contributed by atoms with Gasteiger partial charge in [0.1, 0.15) is 12.3 Å². The second-order valence-corrected chi connectivity index (χ2v) is 15.8. The van der Waals surface area contributed by atoms with Crippen LogP contribution < -0.4 is 14.8 Å². The lowest BCUT2D eigenvalue weighted by Gasteiger charge is -2.27. The van der Waals surface area contributed by atoms with Crippen LogP contribution in [0.3, 0.4) is 0 Å². The number of benzene rings is 2. The molecular formula is C35H40ClIN6O5S. The van der Waals surface area contributed by atoms with Crippen LogP contribution in [0.15, 0.2) is 71.6 Å². The van der Waals surface area contributed by atoms with Crippen molar-refractivity contribution in [3.05, 3.63) is 92.8 Å². The molecule has 0 spiro atoms. The number of pyridine rings is 1. The summed E-state index contributed by atoms with van der Waals surface area (Å²) in [5, 5.41) is 14.1. The van der Waals surface area contributed by atoms with Crippen LogP contribution in [-0.4, -0.2) is 51.7 Å². The van der Waals surface area contributed by atoms with Gasteiger partial charge in [-0.05, 0) is 95.8 Å². The molecule has 260 valence electrons. The Morgan fingerprint density at radius 2 is 1.69 bits per heavy atom. The molecule has 5 rings (SSSR count). The highest BCUT2D eigenvalue weighted by Gasteiger charge is 2.23. The Balaban J connectivity index is 0.00000541. The zero-order chi connectivity index (χ0) is 34.8. The van der Waals surface area contributed by atoms with Crippen molar-refractivity contribution >= 4 is 68.0 Å². The summed E-state index contributed by atoms with van der Waals surface area (Å²) in [6, 6.07) is 18.8. The highest BCUT2D eigenvalue weighted by Crippen LogP contribution is 2.30. The van der Waals surface area contributed by atoms with Gasteiger partial charge in [-0.2, -0.15) is 4.98 Å². The smallest absolute Gasteiger partial charge is 0.335 e. The van der Waals surface area contributed by atoms with Gasteiger partial charge in [-0.25, -0.2) is 27.9 Å². The van der Waals surface area contributed by atoms with Gasteiger partial charge in [0.2, 0.25) is 11.8 Å². The summed E-state index contributed by atoms with van der Waals surface area (Å²) < 4.78 is 38.7. The zero-order valence-corrected chi connectivity index (χ0v) is 31.9. The average Bonchev–Trinajstić information content (AvgIpc) is 3.29. The largest absolute Gasteiger partial charge is 0.478 e. The quantitative estimate of drug-likeness (QED) is 0.112. The van der Waals surface area contributed by atoms with Crippen molar-refractivity contribution in [1.29, 1.82) is 0 Å². The minimum Gasteiger partial charge on any atom is -0.478 e. The lowest BCUT2D eigenvalue weighted by atomic mass is 9.88. The van der Waals surface area contributed by atoms with E-state index in [4.69, 9.17) is 9.72 Å². The molecule has 0 bridgehead atoms. The second-order valence-electron chi connectivity index (χ2n) is 13.0. The van der Waals surface area contributed by atoms with E-state index < -0.39 is 16.0 Å². The van der Waals surface area contributed by atoms with Crippen molar-refractivity contribution in [3.63, 3.8) is 0 Å². The minimum absolute atomic E-state index is 0. The van der Waals surface area contributed by atoms with E-state index in [1.807, 2.05) is 45.2 Å². The van der Waals surface area contributed by atoms with E-state index in [9.17, 15) is 18.3 Å². The normalized spacial score (nSPS) is 12.4. The summed E-state index contributed by atoms with van der Waals surface area (Å²) >= 11 is 2.30. The van der Waals surface area contributed by atoms with Gasteiger partial charge in [-0.1, -0.05) is 45.0 Å². The highest BCUT2D eigenvalue weighted by molar-refractivity contribution is 14.1. The van der Waals surface area contributed by atoms with Gasteiger partial charge in [0.25, 0.3) is 10.0 Å². The number of rotatable bonds is 12. The molecule has 0 saturated carbocycles. The molecule has 5 aromatic rings. The number of anilines is 1. The molecule has 14 heteroatoms. The van der Waals surface area contributed by atoms with E-state index in [2.05, 4.69) is 80.1 Å². The van der Waals surface area contributed by atoms with Crippen molar-refractivity contribution < 1.29 is 23.1 Å². The number of hydrogen-bond acceptors (Lipinski definition) is 8. The molecule has 0 aliphatic carbocycles. The van der Waals surface area contributed by atoms with E-state index >= 15 is 0 Å². The third-order valence-corrected chi connectivity index (χ3v) is 10.2. The van der Waals surface area contributed by atoms with Crippen LogP contribution in [0, 0.1) is 23.0 Å². The number of hydrogen-bond donors (Lipinski definition) is 3. The lowest BCUT2D eigenvalue weighted by Crippen LogP contribution is -2.37. The SMILES string of the molecule is Cc1cccc(C)c1-c1cc(OC[C@@H](CC(C)(C)C)NCc2ccc3cc(I)n(C)c3n2)nc(NS(=O)(=O)c2cccc(C(=O)O)c2)n1.Cl. The number of sulfonamides is 1. The molecule has 0 fully saturated rings. The van der Waals surface area contributed by atoms with Crippen LogP contribution >= 0.6 is 35.0 Å². The van der Waals surface area contributed by atoms with Gasteiger partial charge in [-0.15, -0.1) is 12.4 Å². The summed E-state index contributed by atoms with van der Waals surface area (Å²) in [6.07, 6.45) is 0.783.